The maximum absolute atomic E-state index is 14.0. The Morgan fingerprint density at radius 2 is 1.71 bits per heavy atom. The first-order valence-electron chi connectivity index (χ1n) is 14.5. The molecular formula is C33H44O8. The Kier molecular flexibility index (Phi) is 6.84. The van der Waals surface area contributed by atoms with Gasteiger partial charge in [-0.15, -0.1) is 0 Å². The van der Waals surface area contributed by atoms with E-state index >= 15 is 0 Å². The lowest BCUT2D eigenvalue weighted by Gasteiger charge is -2.63. The van der Waals surface area contributed by atoms with Gasteiger partial charge in [0.25, 0.3) is 0 Å². The van der Waals surface area contributed by atoms with Crippen molar-refractivity contribution in [1.82, 2.24) is 0 Å². The van der Waals surface area contributed by atoms with Gasteiger partial charge in [-0.05, 0) is 56.2 Å². The Bertz CT molecular complexity index is 1300. The number of hydrogen-bond donors (Lipinski definition) is 3. The van der Waals surface area contributed by atoms with Crippen LogP contribution in [0.15, 0.2) is 54.1 Å². The van der Waals surface area contributed by atoms with Crippen LogP contribution >= 0.6 is 0 Å². The molecule has 0 bridgehead atoms. The summed E-state index contributed by atoms with van der Waals surface area (Å²) in [7, 11) is 0. The lowest BCUT2D eigenvalue weighted by molar-refractivity contribution is -0.309. The highest BCUT2D eigenvalue weighted by Gasteiger charge is 2.84. The van der Waals surface area contributed by atoms with Crippen LogP contribution in [0, 0.1) is 29.6 Å². The minimum absolute atomic E-state index is 0.216. The van der Waals surface area contributed by atoms with E-state index in [1.54, 1.807) is 26.8 Å². The smallest absolute Gasteiger partial charge is 0.302 e. The van der Waals surface area contributed by atoms with Crippen molar-refractivity contribution in [2.24, 2.45) is 29.6 Å². The van der Waals surface area contributed by atoms with E-state index in [2.05, 4.69) is 6.58 Å². The average molecular weight is 569 g/mol. The van der Waals surface area contributed by atoms with E-state index in [4.69, 9.17) is 14.2 Å². The molecule has 1 saturated heterocycles. The number of fused-ring (bicyclic) bond motifs is 5. The van der Waals surface area contributed by atoms with E-state index < -0.39 is 81.6 Å². The van der Waals surface area contributed by atoms with E-state index in [9.17, 15) is 24.9 Å². The van der Waals surface area contributed by atoms with Crippen LogP contribution in [-0.2, 0) is 29.4 Å². The van der Waals surface area contributed by atoms with Crippen molar-refractivity contribution in [1.29, 1.82) is 0 Å². The third-order valence-corrected chi connectivity index (χ3v) is 11.1. The van der Waals surface area contributed by atoms with Gasteiger partial charge >= 0.3 is 5.97 Å². The second-order valence-electron chi connectivity index (χ2n) is 13.5. The Morgan fingerprint density at radius 1 is 1.10 bits per heavy atom. The van der Waals surface area contributed by atoms with E-state index in [-0.39, 0.29) is 6.61 Å². The van der Waals surface area contributed by atoms with Crippen LogP contribution in [0.4, 0.5) is 0 Å². The molecule has 2 saturated carbocycles. The van der Waals surface area contributed by atoms with Gasteiger partial charge in [-0.2, -0.15) is 0 Å². The maximum Gasteiger partial charge on any atom is 0.302 e. The zero-order valence-corrected chi connectivity index (χ0v) is 25.3. The number of aliphatic hydroxyl groups excluding tert-OH is 1. The summed E-state index contributed by atoms with van der Waals surface area (Å²) < 4.78 is 19.2. The molecule has 0 spiro atoms. The number of carbonyl (C=O) groups excluding carboxylic acids is 2. The number of carbonyl (C=O) groups is 2. The standard InChI is InChI=1S/C33H44O8/c1-17(2)31(37)19(4)20(5)33(41-29(8,9)23-13-11-10-12-14-23)24-15-18(3)26(35)32(24,38)21(6)30(16-39-22(7)34)28(40-30)25(33)27(31)36/h10-15,19-21,24-25,27-28,36-38H,1,16H2,2-9H3/t19-,20-,21-,24?,25-,27-,28+,30-,31+,32-,33+/m1/s1. The molecule has 0 radical (unpaired) electrons. The number of aliphatic hydroxyl groups is 3. The third kappa shape index (κ3) is 3.77. The highest BCUT2D eigenvalue weighted by atomic mass is 16.6. The molecule has 8 heteroatoms. The van der Waals surface area contributed by atoms with Crippen molar-refractivity contribution >= 4 is 11.8 Å². The number of hydrogen-bond acceptors (Lipinski definition) is 8. The van der Waals surface area contributed by atoms with Crippen molar-refractivity contribution in [3.63, 3.8) is 0 Å². The quantitative estimate of drug-likeness (QED) is 0.271. The van der Waals surface area contributed by atoms with Crippen LogP contribution in [0.3, 0.4) is 0 Å². The lowest BCUT2D eigenvalue weighted by Crippen LogP contribution is -2.74. The largest absolute Gasteiger partial charge is 0.463 e. The summed E-state index contributed by atoms with van der Waals surface area (Å²) >= 11 is 0. The van der Waals surface area contributed by atoms with Gasteiger partial charge < -0.3 is 29.5 Å². The van der Waals surface area contributed by atoms with Crippen LogP contribution in [0.1, 0.15) is 61.0 Å². The highest BCUT2D eigenvalue weighted by Crippen LogP contribution is 2.69. The molecule has 1 heterocycles. The summed E-state index contributed by atoms with van der Waals surface area (Å²) in [4.78, 5) is 25.9. The van der Waals surface area contributed by atoms with Gasteiger partial charge in [0.15, 0.2) is 5.78 Å². The van der Waals surface area contributed by atoms with E-state index in [0.717, 1.165) is 5.56 Å². The summed E-state index contributed by atoms with van der Waals surface area (Å²) in [6, 6.07) is 9.65. The van der Waals surface area contributed by atoms with Gasteiger partial charge in [-0.25, -0.2) is 0 Å². The summed E-state index contributed by atoms with van der Waals surface area (Å²) in [6.07, 6.45) is -0.450. The van der Waals surface area contributed by atoms with Crippen LogP contribution in [-0.4, -0.2) is 68.3 Å². The van der Waals surface area contributed by atoms with Gasteiger partial charge in [0.05, 0.1) is 23.4 Å². The van der Waals surface area contributed by atoms with Gasteiger partial charge in [0.1, 0.15) is 23.4 Å². The molecule has 8 nitrogen and oxygen atoms in total. The van der Waals surface area contributed by atoms with Crippen LogP contribution < -0.4 is 0 Å². The monoisotopic (exact) mass is 568 g/mol. The third-order valence-electron chi connectivity index (χ3n) is 11.1. The fraction of sp³-hybridized carbons (Fsp3) is 0.636. The van der Waals surface area contributed by atoms with E-state index in [1.807, 2.05) is 58.0 Å². The first kappa shape index (κ1) is 30.1. The van der Waals surface area contributed by atoms with Gasteiger partial charge in [0, 0.05) is 24.7 Å². The van der Waals surface area contributed by atoms with Crippen molar-refractivity contribution < 1.29 is 39.1 Å². The number of ether oxygens (including phenoxy) is 3. The number of epoxide rings is 1. The fourth-order valence-corrected chi connectivity index (χ4v) is 8.57. The molecule has 41 heavy (non-hydrogen) atoms. The number of rotatable bonds is 6. The Hall–Kier alpha value is -2.36. The minimum Gasteiger partial charge on any atom is -0.463 e. The molecule has 0 aromatic heterocycles. The van der Waals surface area contributed by atoms with Crippen molar-refractivity contribution in [3.8, 4) is 0 Å². The van der Waals surface area contributed by atoms with Crippen molar-refractivity contribution in [3.05, 3.63) is 59.7 Å². The summed E-state index contributed by atoms with van der Waals surface area (Å²) in [5.74, 6) is -4.71. The van der Waals surface area contributed by atoms with E-state index in [0.29, 0.717) is 11.1 Å². The molecule has 3 aliphatic carbocycles. The number of esters is 1. The number of Topliss-reactive ketones (excluding diaryl/α,β-unsaturated/α-hetero) is 1. The molecule has 224 valence electrons. The zero-order chi connectivity index (χ0) is 30.5. The fourth-order valence-electron chi connectivity index (χ4n) is 8.57. The molecule has 3 fully saturated rings. The van der Waals surface area contributed by atoms with Crippen LogP contribution in [0.25, 0.3) is 0 Å². The molecular weight excluding hydrogens is 524 g/mol. The van der Waals surface area contributed by atoms with Crippen LogP contribution in [0.2, 0.25) is 0 Å². The topological polar surface area (TPSA) is 126 Å². The molecule has 1 unspecified atom stereocenters. The molecule has 0 amide bonds. The molecule has 3 N–H and O–H groups in total. The average Bonchev–Trinajstić information content (AvgIpc) is 3.60. The summed E-state index contributed by atoms with van der Waals surface area (Å²) in [5.41, 5.74) is -5.65. The molecule has 1 aromatic carbocycles. The maximum atomic E-state index is 14.0. The molecule has 11 atom stereocenters. The van der Waals surface area contributed by atoms with E-state index in [1.165, 1.54) is 6.92 Å². The molecule has 1 aromatic rings. The predicted molar refractivity (Wildman–Crippen MR) is 151 cm³/mol. The normalized spacial score (nSPS) is 45.1. The number of benzene rings is 1. The highest BCUT2D eigenvalue weighted by molar-refractivity contribution is 6.05. The van der Waals surface area contributed by atoms with Gasteiger partial charge in [-0.1, -0.05) is 63.8 Å². The number of ketones is 1. The van der Waals surface area contributed by atoms with Crippen molar-refractivity contribution in [2.75, 3.05) is 6.61 Å². The lowest BCUT2D eigenvalue weighted by atomic mass is 9.50. The second kappa shape index (κ2) is 9.32. The zero-order valence-electron chi connectivity index (χ0n) is 25.3. The Morgan fingerprint density at radius 3 is 2.27 bits per heavy atom. The van der Waals surface area contributed by atoms with Gasteiger partial charge in [0.2, 0.25) is 0 Å². The molecule has 1 aliphatic heterocycles. The summed E-state index contributed by atoms with van der Waals surface area (Å²) in [6.45, 7) is 17.9. The van der Waals surface area contributed by atoms with Crippen molar-refractivity contribution in [2.45, 2.75) is 95.6 Å². The molecule has 4 aliphatic rings. The summed E-state index contributed by atoms with van der Waals surface area (Å²) in [5, 5.41) is 37.1. The Labute approximate surface area is 242 Å². The minimum atomic E-state index is -1.98. The first-order chi connectivity index (χ1) is 18.9. The Balaban J connectivity index is 1.82. The van der Waals surface area contributed by atoms with Gasteiger partial charge in [-0.3, -0.25) is 9.59 Å². The predicted octanol–water partition coefficient (Wildman–Crippen LogP) is 3.47. The first-order valence-corrected chi connectivity index (χ1v) is 14.5. The SMILES string of the molecule is C=C(C)[C@]1(O)[C@H](C)[C@@H](C)[C@]2(OC(C)(C)c3ccccc3)C3C=C(C)C(=O)[C@@]3(O)[C@H](C)[C@@]3(COC(C)=O)O[C@H]3[C@H]2[C@H]1O. The molecule has 5 rings (SSSR count). The van der Waals surface area contributed by atoms with Crippen LogP contribution in [0.5, 0.6) is 0 Å². The second-order valence-corrected chi connectivity index (χ2v) is 13.5.